The van der Waals surface area contributed by atoms with Gasteiger partial charge in [-0.3, -0.25) is 19.7 Å². The lowest BCUT2D eigenvalue weighted by Crippen LogP contribution is -2.26. The third-order valence-corrected chi connectivity index (χ3v) is 4.20. The Morgan fingerprint density at radius 1 is 1.07 bits per heavy atom. The molecule has 0 radical (unpaired) electrons. The third-order valence-electron chi connectivity index (χ3n) is 4.20. The number of hydrogen-bond donors (Lipinski definition) is 2. The van der Waals surface area contributed by atoms with E-state index in [0.29, 0.717) is 17.8 Å². The molecule has 9 heteroatoms. The van der Waals surface area contributed by atoms with Crippen LogP contribution in [0.5, 0.6) is 0 Å². The van der Waals surface area contributed by atoms with Gasteiger partial charge in [0, 0.05) is 43.2 Å². The molecule has 0 aliphatic heterocycles. The van der Waals surface area contributed by atoms with E-state index in [0.717, 1.165) is 13.0 Å². The smallest absolute Gasteiger partial charge is 0.269 e. The summed E-state index contributed by atoms with van der Waals surface area (Å²) in [5, 5.41) is 16.2. The van der Waals surface area contributed by atoms with Crippen molar-refractivity contribution in [1.29, 1.82) is 0 Å². The second-order valence-electron chi connectivity index (χ2n) is 6.21. The van der Waals surface area contributed by atoms with Crippen LogP contribution in [0.15, 0.2) is 67.3 Å². The van der Waals surface area contributed by atoms with Crippen LogP contribution in [0.2, 0.25) is 0 Å². The molecule has 0 saturated carbocycles. The number of nitrogens with one attached hydrogen (secondary N) is 2. The number of para-hydroxylation sites is 1. The summed E-state index contributed by atoms with van der Waals surface area (Å²) in [6.45, 7) is 1.21. The van der Waals surface area contributed by atoms with E-state index in [1.807, 2.05) is 10.8 Å². The average Bonchev–Trinajstić information content (AvgIpc) is 3.25. The van der Waals surface area contributed by atoms with E-state index in [4.69, 9.17) is 0 Å². The Kier molecular flexibility index (Phi) is 6.31. The van der Waals surface area contributed by atoms with E-state index in [1.54, 1.807) is 36.8 Å². The van der Waals surface area contributed by atoms with Crippen molar-refractivity contribution < 1.29 is 14.5 Å². The number of carbonyl (C=O) groups excluding carboxylic acids is 2. The topological polar surface area (TPSA) is 119 Å². The molecule has 29 heavy (non-hydrogen) atoms. The van der Waals surface area contributed by atoms with Gasteiger partial charge in [-0.15, -0.1) is 0 Å². The highest BCUT2D eigenvalue weighted by Crippen LogP contribution is 2.18. The molecule has 148 valence electrons. The average molecular weight is 393 g/mol. The van der Waals surface area contributed by atoms with Crippen molar-refractivity contribution in [2.24, 2.45) is 0 Å². The molecule has 0 aliphatic carbocycles. The van der Waals surface area contributed by atoms with Gasteiger partial charge in [-0.2, -0.15) is 0 Å². The van der Waals surface area contributed by atoms with Crippen molar-refractivity contribution in [2.75, 3.05) is 11.9 Å². The number of amides is 2. The Hall–Kier alpha value is -4.01. The molecule has 0 bridgehead atoms. The van der Waals surface area contributed by atoms with Gasteiger partial charge in [-0.05, 0) is 30.7 Å². The molecule has 2 N–H and O–H groups in total. The molecule has 0 aliphatic rings. The second-order valence-corrected chi connectivity index (χ2v) is 6.21. The van der Waals surface area contributed by atoms with Gasteiger partial charge in [0.25, 0.3) is 17.5 Å². The normalized spacial score (nSPS) is 10.3. The lowest BCUT2D eigenvalue weighted by Gasteiger charge is -2.11. The number of nitro benzene ring substituents is 1. The first-order chi connectivity index (χ1) is 14.0. The number of benzene rings is 2. The van der Waals surface area contributed by atoms with Gasteiger partial charge in [-0.25, -0.2) is 4.98 Å². The fourth-order valence-corrected chi connectivity index (χ4v) is 2.70. The van der Waals surface area contributed by atoms with Crippen LogP contribution in [-0.4, -0.2) is 32.8 Å². The Balaban J connectivity index is 1.60. The number of anilines is 1. The van der Waals surface area contributed by atoms with Crippen LogP contribution in [0.25, 0.3) is 0 Å². The zero-order valence-electron chi connectivity index (χ0n) is 15.4. The number of rotatable bonds is 8. The van der Waals surface area contributed by atoms with Gasteiger partial charge in [-0.1, -0.05) is 12.1 Å². The molecule has 1 aromatic heterocycles. The second kappa shape index (κ2) is 9.27. The van der Waals surface area contributed by atoms with Crippen LogP contribution in [0.4, 0.5) is 11.4 Å². The van der Waals surface area contributed by atoms with Crippen LogP contribution in [0.3, 0.4) is 0 Å². The molecular weight excluding hydrogens is 374 g/mol. The monoisotopic (exact) mass is 393 g/mol. The summed E-state index contributed by atoms with van der Waals surface area (Å²) < 4.78 is 1.92. The molecule has 2 amide bonds. The maximum Gasteiger partial charge on any atom is 0.269 e. The van der Waals surface area contributed by atoms with Crippen molar-refractivity contribution in [3.63, 3.8) is 0 Å². The van der Waals surface area contributed by atoms with Gasteiger partial charge < -0.3 is 15.2 Å². The van der Waals surface area contributed by atoms with E-state index in [2.05, 4.69) is 15.6 Å². The molecule has 0 spiro atoms. The summed E-state index contributed by atoms with van der Waals surface area (Å²) >= 11 is 0. The van der Waals surface area contributed by atoms with E-state index in [-0.39, 0.29) is 17.2 Å². The molecule has 3 rings (SSSR count). The highest BCUT2D eigenvalue weighted by Gasteiger charge is 2.14. The number of aromatic nitrogens is 2. The lowest BCUT2D eigenvalue weighted by molar-refractivity contribution is -0.384. The van der Waals surface area contributed by atoms with Crippen molar-refractivity contribution in [3.8, 4) is 0 Å². The standard InChI is InChI=1S/C20H19N5O4/c26-19(15-6-8-16(9-7-15)25(28)29)23-18-5-2-1-4-17(18)20(27)22-10-3-12-24-13-11-21-14-24/h1-2,4-9,11,13-14H,3,10,12H2,(H,22,27)(H,23,26). The summed E-state index contributed by atoms with van der Waals surface area (Å²) in [6, 6.07) is 11.9. The van der Waals surface area contributed by atoms with Gasteiger partial charge in [0.15, 0.2) is 0 Å². The van der Waals surface area contributed by atoms with E-state index >= 15 is 0 Å². The predicted octanol–water partition coefficient (Wildman–Crippen LogP) is 2.86. The number of carbonyl (C=O) groups is 2. The summed E-state index contributed by atoms with van der Waals surface area (Å²) in [7, 11) is 0. The summed E-state index contributed by atoms with van der Waals surface area (Å²) in [5.74, 6) is -0.754. The predicted molar refractivity (Wildman–Crippen MR) is 107 cm³/mol. The molecule has 3 aromatic rings. The van der Waals surface area contributed by atoms with E-state index in [1.165, 1.54) is 24.3 Å². The van der Waals surface area contributed by atoms with Crippen LogP contribution in [-0.2, 0) is 6.54 Å². The van der Waals surface area contributed by atoms with Crippen LogP contribution in [0, 0.1) is 10.1 Å². The van der Waals surface area contributed by atoms with Crippen molar-refractivity contribution in [2.45, 2.75) is 13.0 Å². The number of aryl methyl sites for hydroxylation is 1. The van der Waals surface area contributed by atoms with Crippen LogP contribution >= 0.6 is 0 Å². The molecule has 0 unspecified atom stereocenters. The van der Waals surface area contributed by atoms with E-state index < -0.39 is 10.8 Å². The largest absolute Gasteiger partial charge is 0.352 e. The Morgan fingerprint density at radius 3 is 2.52 bits per heavy atom. The Morgan fingerprint density at radius 2 is 1.83 bits per heavy atom. The van der Waals surface area contributed by atoms with Gasteiger partial charge in [0.1, 0.15) is 0 Å². The van der Waals surface area contributed by atoms with Gasteiger partial charge >= 0.3 is 0 Å². The van der Waals surface area contributed by atoms with Crippen molar-refractivity contribution in [1.82, 2.24) is 14.9 Å². The SMILES string of the molecule is O=C(Nc1ccccc1C(=O)NCCCn1ccnc1)c1ccc([N+](=O)[O-])cc1. The minimum Gasteiger partial charge on any atom is -0.352 e. The first kappa shape index (κ1) is 19.7. The zero-order chi connectivity index (χ0) is 20.6. The fourth-order valence-electron chi connectivity index (χ4n) is 2.70. The highest BCUT2D eigenvalue weighted by atomic mass is 16.6. The van der Waals surface area contributed by atoms with Gasteiger partial charge in [0.2, 0.25) is 0 Å². The quantitative estimate of drug-likeness (QED) is 0.346. The van der Waals surface area contributed by atoms with E-state index in [9.17, 15) is 19.7 Å². The number of imidazole rings is 1. The van der Waals surface area contributed by atoms with Crippen LogP contribution in [0.1, 0.15) is 27.1 Å². The first-order valence-corrected chi connectivity index (χ1v) is 8.93. The maximum atomic E-state index is 12.5. The van der Waals surface area contributed by atoms with Gasteiger partial charge in [0.05, 0.1) is 22.5 Å². The molecule has 2 aromatic carbocycles. The van der Waals surface area contributed by atoms with Crippen molar-refractivity contribution in [3.05, 3.63) is 88.5 Å². The van der Waals surface area contributed by atoms with Crippen LogP contribution < -0.4 is 10.6 Å². The number of non-ortho nitro benzene ring substituents is 1. The number of nitro groups is 1. The summed E-state index contributed by atoms with van der Waals surface area (Å²) in [4.78, 5) is 39.1. The highest BCUT2D eigenvalue weighted by molar-refractivity contribution is 6.09. The molecule has 0 fully saturated rings. The lowest BCUT2D eigenvalue weighted by atomic mass is 10.1. The Labute approximate surface area is 166 Å². The minimum absolute atomic E-state index is 0.1000. The molecule has 1 heterocycles. The molecule has 0 atom stereocenters. The Bertz CT molecular complexity index is 1000. The van der Waals surface area contributed by atoms with Crippen molar-refractivity contribution >= 4 is 23.2 Å². The fraction of sp³-hybridized carbons (Fsp3) is 0.150. The number of hydrogen-bond acceptors (Lipinski definition) is 5. The molecular formula is C20H19N5O4. The third kappa shape index (κ3) is 5.25. The molecule has 0 saturated heterocycles. The first-order valence-electron chi connectivity index (χ1n) is 8.93. The summed E-state index contributed by atoms with van der Waals surface area (Å²) in [6.07, 6.45) is 6.00. The number of nitrogens with zero attached hydrogens (tertiary/aromatic N) is 3. The molecule has 9 nitrogen and oxygen atoms in total. The minimum atomic E-state index is -0.534. The summed E-state index contributed by atoms with van der Waals surface area (Å²) in [5.41, 5.74) is 0.858. The zero-order valence-corrected chi connectivity index (χ0v) is 15.4. The maximum absolute atomic E-state index is 12.5.